The predicted octanol–water partition coefficient (Wildman–Crippen LogP) is 4.04. The lowest BCUT2D eigenvalue weighted by atomic mass is 10.1. The molecule has 0 aliphatic carbocycles. The smallest absolute Gasteiger partial charge is 0.280 e. The molecule has 5 rings (SSSR count). The van der Waals surface area contributed by atoms with Crippen LogP contribution in [0.25, 0.3) is 23.0 Å². The minimum absolute atomic E-state index is 0.107. The third kappa shape index (κ3) is 3.43. The van der Waals surface area contributed by atoms with Crippen molar-refractivity contribution in [3.63, 3.8) is 0 Å². The van der Waals surface area contributed by atoms with Crippen LogP contribution in [0.2, 0.25) is 0 Å². The minimum Gasteiger partial charge on any atom is -0.497 e. The molecule has 0 radical (unpaired) electrons. The fourth-order valence-electron chi connectivity index (χ4n) is 3.23. The Bertz CT molecular complexity index is 1140. The summed E-state index contributed by atoms with van der Waals surface area (Å²) in [6.07, 6.45) is -0.107. The second kappa shape index (κ2) is 7.41. The summed E-state index contributed by atoms with van der Waals surface area (Å²) in [4.78, 5) is 4.48. The van der Waals surface area contributed by atoms with Gasteiger partial charge in [-0.05, 0) is 42.0 Å². The topological polar surface area (TPSA) is 88.1 Å². The quantitative estimate of drug-likeness (QED) is 0.460. The van der Waals surface area contributed by atoms with E-state index in [4.69, 9.17) is 14.0 Å². The maximum Gasteiger partial charge on any atom is 0.280 e. The van der Waals surface area contributed by atoms with Gasteiger partial charge in [0, 0.05) is 10.0 Å². The van der Waals surface area contributed by atoms with E-state index >= 15 is 0 Å². The van der Waals surface area contributed by atoms with Crippen LogP contribution < -0.4 is 4.74 Å². The molecule has 1 aliphatic rings. The average molecular weight is 454 g/mol. The molecule has 146 valence electrons. The van der Waals surface area contributed by atoms with Gasteiger partial charge in [0.15, 0.2) is 5.69 Å². The number of hydrogen-bond donors (Lipinski definition) is 0. The van der Waals surface area contributed by atoms with Crippen LogP contribution in [0.5, 0.6) is 5.75 Å². The van der Waals surface area contributed by atoms with Crippen LogP contribution in [0, 0.1) is 0 Å². The zero-order chi connectivity index (χ0) is 19.8. The highest BCUT2D eigenvalue weighted by atomic mass is 79.9. The lowest BCUT2D eigenvalue weighted by Crippen LogP contribution is -2.22. The number of halogens is 1. The van der Waals surface area contributed by atoms with Gasteiger partial charge in [-0.1, -0.05) is 38.4 Å². The zero-order valence-corrected chi connectivity index (χ0v) is 17.0. The highest BCUT2D eigenvalue weighted by Gasteiger charge is 2.28. The Morgan fingerprint density at radius 3 is 2.66 bits per heavy atom. The number of fused-ring (bicyclic) bond motifs is 1. The first kappa shape index (κ1) is 18.0. The Hall–Kier alpha value is -3.04. The molecule has 9 heteroatoms. The summed E-state index contributed by atoms with van der Waals surface area (Å²) in [6, 6.07) is 15.5. The van der Waals surface area contributed by atoms with Crippen molar-refractivity contribution in [2.45, 2.75) is 19.3 Å². The normalized spacial score (nSPS) is 15.9. The van der Waals surface area contributed by atoms with Gasteiger partial charge in [-0.25, -0.2) is 4.68 Å². The van der Waals surface area contributed by atoms with Gasteiger partial charge in [-0.2, -0.15) is 4.98 Å². The number of hydrogen-bond acceptors (Lipinski definition) is 7. The number of nitrogens with zero attached hydrogens (tertiary/aromatic N) is 5. The first-order valence-electron chi connectivity index (χ1n) is 8.99. The third-order valence-corrected chi connectivity index (χ3v) is 5.34. The van der Waals surface area contributed by atoms with Gasteiger partial charge >= 0.3 is 0 Å². The fraction of sp³-hybridized carbons (Fsp3) is 0.200. The second-order valence-electron chi connectivity index (χ2n) is 6.57. The molecular formula is C20H16BrN5O3. The summed E-state index contributed by atoms with van der Waals surface area (Å²) in [7, 11) is 1.65. The third-order valence-electron chi connectivity index (χ3n) is 4.82. The molecule has 8 nitrogen and oxygen atoms in total. The second-order valence-corrected chi connectivity index (χ2v) is 7.49. The lowest BCUT2D eigenvalue weighted by molar-refractivity contribution is -0.00119. The molecule has 2 aromatic heterocycles. The molecule has 29 heavy (non-hydrogen) atoms. The highest BCUT2D eigenvalue weighted by Crippen LogP contribution is 2.31. The van der Waals surface area contributed by atoms with Gasteiger partial charge in [0.25, 0.3) is 5.89 Å². The Morgan fingerprint density at radius 1 is 1.10 bits per heavy atom. The van der Waals surface area contributed by atoms with Crippen molar-refractivity contribution in [1.82, 2.24) is 25.1 Å². The first-order chi connectivity index (χ1) is 14.2. The van der Waals surface area contributed by atoms with Gasteiger partial charge in [-0.15, -0.1) is 5.10 Å². The minimum atomic E-state index is -0.107. The van der Waals surface area contributed by atoms with Crippen molar-refractivity contribution in [3.05, 3.63) is 64.3 Å². The molecule has 0 bridgehead atoms. The van der Waals surface area contributed by atoms with E-state index in [2.05, 4.69) is 36.4 Å². The molecule has 1 atom stereocenters. The molecule has 0 amide bonds. The summed E-state index contributed by atoms with van der Waals surface area (Å²) in [5.74, 6) is 1.64. The summed E-state index contributed by atoms with van der Waals surface area (Å²) < 4.78 is 19.5. The molecule has 0 unspecified atom stereocenters. The first-order valence-corrected chi connectivity index (χ1v) is 9.78. The van der Waals surface area contributed by atoms with Gasteiger partial charge in [0.2, 0.25) is 5.82 Å². The van der Waals surface area contributed by atoms with Gasteiger partial charge in [-0.3, -0.25) is 0 Å². The Labute approximate surface area is 174 Å². The number of methoxy groups -OCH3 is 1. The largest absolute Gasteiger partial charge is 0.497 e. The van der Waals surface area contributed by atoms with Crippen molar-refractivity contribution in [1.29, 1.82) is 0 Å². The van der Waals surface area contributed by atoms with Gasteiger partial charge in [0.05, 0.1) is 26.0 Å². The maximum atomic E-state index is 6.05. The summed E-state index contributed by atoms with van der Waals surface area (Å²) in [6.45, 7) is 0.914. The van der Waals surface area contributed by atoms with E-state index in [1.807, 2.05) is 53.2 Å². The molecule has 0 saturated heterocycles. The molecule has 1 aliphatic heterocycles. The zero-order valence-electron chi connectivity index (χ0n) is 15.4. The van der Waals surface area contributed by atoms with Crippen molar-refractivity contribution in [3.8, 4) is 28.7 Å². The average Bonchev–Trinajstić information content (AvgIpc) is 3.41. The SMILES string of the molecule is COc1ccc([C@H]2Cn3nnc(-c4nc(-c5ccc(Br)cc5)no4)c3CO2)cc1. The van der Waals surface area contributed by atoms with E-state index in [0.29, 0.717) is 30.6 Å². The molecule has 0 spiro atoms. The predicted molar refractivity (Wildman–Crippen MR) is 107 cm³/mol. The van der Waals surface area contributed by atoms with E-state index in [0.717, 1.165) is 27.0 Å². The number of rotatable bonds is 4. The summed E-state index contributed by atoms with van der Waals surface area (Å²) in [5, 5.41) is 12.6. The summed E-state index contributed by atoms with van der Waals surface area (Å²) >= 11 is 3.42. The molecule has 0 fully saturated rings. The van der Waals surface area contributed by atoms with Crippen LogP contribution in [0.4, 0.5) is 0 Å². The van der Waals surface area contributed by atoms with E-state index in [-0.39, 0.29) is 6.10 Å². The standard InChI is InChI=1S/C20H16BrN5O3/c1-27-15-8-4-12(5-9-15)17-10-26-16(11-28-17)18(23-25-26)20-22-19(24-29-20)13-2-6-14(21)7-3-13/h2-9,17H,10-11H2,1H3/t17-/m1/s1. The van der Waals surface area contributed by atoms with Crippen molar-refractivity contribution in [2.24, 2.45) is 0 Å². The van der Waals surface area contributed by atoms with Crippen LogP contribution in [0.15, 0.2) is 57.5 Å². The monoisotopic (exact) mass is 453 g/mol. The Morgan fingerprint density at radius 2 is 1.90 bits per heavy atom. The Kier molecular flexibility index (Phi) is 4.61. The Balaban J connectivity index is 1.38. The van der Waals surface area contributed by atoms with Crippen LogP contribution in [0.1, 0.15) is 17.4 Å². The molecule has 3 heterocycles. The van der Waals surface area contributed by atoms with Crippen LogP contribution in [-0.4, -0.2) is 32.2 Å². The van der Waals surface area contributed by atoms with Crippen LogP contribution in [0.3, 0.4) is 0 Å². The fourth-order valence-corrected chi connectivity index (χ4v) is 3.50. The number of benzene rings is 2. The van der Waals surface area contributed by atoms with Gasteiger partial charge in [0.1, 0.15) is 11.9 Å². The van der Waals surface area contributed by atoms with Gasteiger partial charge < -0.3 is 14.0 Å². The van der Waals surface area contributed by atoms with E-state index in [1.165, 1.54) is 0 Å². The van der Waals surface area contributed by atoms with E-state index in [9.17, 15) is 0 Å². The molecule has 0 saturated carbocycles. The number of aromatic nitrogens is 5. The highest BCUT2D eigenvalue weighted by molar-refractivity contribution is 9.10. The summed E-state index contributed by atoms with van der Waals surface area (Å²) in [5.41, 5.74) is 3.29. The van der Waals surface area contributed by atoms with Crippen molar-refractivity contribution < 1.29 is 14.0 Å². The van der Waals surface area contributed by atoms with Crippen LogP contribution >= 0.6 is 15.9 Å². The molecular weight excluding hydrogens is 438 g/mol. The van der Waals surface area contributed by atoms with Crippen LogP contribution in [-0.2, 0) is 17.9 Å². The lowest BCUT2D eigenvalue weighted by Gasteiger charge is -2.24. The number of ether oxygens (including phenoxy) is 2. The van der Waals surface area contributed by atoms with E-state index < -0.39 is 0 Å². The molecule has 0 N–H and O–H groups in total. The molecule has 2 aromatic carbocycles. The van der Waals surface area contributed by atoms with E-state index in [1.54, 1.807) is 7.11 Å². The van der Waals surface area contributed by atoms with Crippen molar-refractivity contribution in [2.75, 3.05) is 7.11 Å². The van der Waals surface area contributed by atoms with Crippen molar-refractivity contribution >= 4 is 15.9 Å². The molecule has 4 aromatic rings. The maximum absolute atomic E-state index is 6.05.